The average molecular weight is 489 g/mol. The van der Waals surface area contributed by atoms with Gasteiger partial charge in [0, 0.05) is 23.6 Å². The predicted molar refractivity (Wildman–Crippen MR) is 123 cm³/mol. The number of amides is 2. The first kappa shape index (κ1) is 23.1. The number of hydrogen-bond donors (Lipinski definition) is 1. The summed E-state index contributed by atoms with van der Waals surface area (Å²) in [6, 6.07) is 15.2. The Kier molecular flexibility index (Phi) is 7.59. The SMILES string of the molecule is CC(C)(C)OC(=O)N[C@H]1CCCN(C(=O)c2ccc(OCc3ccccc3)cc2Br)C1. The van der Waals surface area contributed by atoms with Crippen molar-refractivity contribution in [2.24, 2.45) is 0 Å². The number of rotatable bonds is 5. The van der Waals surface area contributed by atoms with E-state index < -0.39 is 11.7 Å². The van der Waals surface area contributed by atoms with Crippen molar-refractivity contribution in [1.29, 1.82) is 0 Å². The lowest BCUT2D eigenvalue weighted by Gasteiger charge is -2.33. The molecule has 0 aliphatic carbocycles. The van der Waals surface area contributed by atoms with Gasteiger partial charge in [-0.25, -0.2) is 4.79 Å². The molecule has 1 atom stereocenters. The van der Waals surface area contributed by atoms with Gasteiger partial charge in [-0.2, -0.15) is 0 Å². The summed E-state index contributed by atoms with van der Waals surface area (Å²) in [4.78, 5) is 26.9. The van der Waals surface area contributed by atoms with Crippen LogP contribution in [0.25, 0.3) is 0 Å². The lowest BCUT2D eigenvalue weighted by molar-refractivity contribution is 0.0452. The Morgan fingerprint density at radius 1 is 1.16 bits per heavy atom. The highest BCUT2D eigenvalue weighted by Gasteiger charge is 2.28. The molecule has 1 aliphatic rings. The predicted octanol–water partition coefficient (Wildman–Crippen LogP) is 5.16. The van der Waals surface area contributed by atoms with Crippen LogP contribution in [0.1, 0.15) is 49.5 Å². The molecule has 6 nitrogen and oxygen atoms in total. The van der Waals surface area contributed by atoms with E-state index in [9.17, 15) is 9.59 Å². The van der Waals surface area contributed by atoms with Crippen LogP contribution in [0.4, 0.5) is 4.79 Å². The molecule has 1 heterocycles. The van der Waals surface area contributed by atoms with Crippen LogP contribution in [0.3, 0.4) is 0 Å². The number of halogens is 1. The second-order valence-corrected chi connectivity index (χ2v) is 9.51. The van der Waals surface area contributed by atoms with Crippen LogP contribution in [-0.2, 0) is 11.3 Å². The number of benzene rings is 2. The molecule has 0 aromatic heterocycles. The third kappa shape index (κ3) is 6.99. The van der Waals surface area contributed by atoms with E-state index in [1.54, 1.807) is 17.0 Å². The van der Waals surface area contributed by atoms with Gasteiger partial charge in [-0.05, 0) is 73.3 Å². The molecule has 1 N–H and O–H groups in total. The molecule has 31 heavy (non-hydrogen) atoms. The normalized spacial score (nSPS) is 16.5. The quantitative estimate of drug-likeness (QED) is 0.631. The van der Waals surface area contributed by atoms with Crippen LogP contribution in [0.2, 0.25) is 0 Å². The van der Waals surface area contributed by atoms with E-state index in [0.29, 0.717) is 35.5 Å². The van der Waals surface area contributed by atoms with Crippen molar-refractivity contribution < 1.29 is 19.1 Å². The number of carbonyl (C=O) groups excluding carboxylic acids is 2. The zero-order valence-electron chi connectivity index (χ0n) is 18.2. The molecule has 0 unspecified atom stereocenters. The van der Waals surface area contributed by atoms with Gasteiger partial charge in [0.1, 0.15) is 18.0 Å². The van der Waals surface area contributed by atoms with Crippen LogP contribution in [-0.4, -0.2) is 41.6 Å². The summed E-state index contributed by atoms with van der Waals surface area (Å²) in [7, 11) is 0. The molecule has 1 fully saturated rings. The van der Waals surface area contributed by atoms with E-state index in [1.165, 1.54) is 0 Å². The standard InChI is InChI=1S/C24H29BrN2O4/c1-24(2,3)31-23(29)26-18-10-7-13-27(15-18)22(28)20-12-11-19(14-21(20)25)30-16-17-8-5-4-6-9-17/h4-6,8-9,11-12,14,18H,7,10,13,15-16H2,1-3H3,(H,26,29)/t18-/m0/s1. The van der Waals surface area contributed by atoms with Gasteiger partial charge < -0.3 is 19.7 Å². The fourth-order valence-electron chi connectivity index (χ4n) is 3.42. The van der Waals surface area contributed by atoms with Crippen LogP contribution < -0.4 is 10.1 Å². The van der Waals surface area contributed by atoms with Gasteiger partial charge in [-0.15, -0.1) is 0 Å². The minimum atomic E-state index is -0.552. The Balaban J connectivity index is 1.59. The highest BCUT2D eigenvalue weighted by atomic mass is 79.9. The highest BCUT2D eigenvalue weighted by Crippen LogP contribution is 2.26. The second-order valence-electron chi connectivity index (χ2n) is 8.65. The Labute approximate surface area is 192 Å². The van der Waals surface area contributed by atoms with E-state index in [-0.39, 0.29) is 11.9 Å². The minimum Gasteiger partial charge on any atom is -0.489 e. The maximum Gasteiger partial charge on any atom is 0.407 e. The maximum absolute atomic E-state index is 13.1. The van der Waals surface area contributed by atoms with E-state index in [1.807, 2.05) is 57.2 Å². The lowest BCUT2D eigenvalue weighted by atomic mass is 10.0. The number of nitrogens with one attached hydrogen (secondary N) is 1. The first-order valence-electron chi connectivity index (χ1n) is 10.5. The van der Waals surface area contributed by atoms with Crippen LogP contribution in [0.15, 0.2) is 53.0 Å². The summed E-state index contributed by atoms with van der Waals surface area (Å²) in [6.45, 7) is 7.06. The van der Waals surface area contributed by atoms with Crippen molar-refractivity contribution in [1.82, 2.24) is 10.2 Å². The topological polar surface area (TPSA) is 67.9 Å². The molecule has 7 heteroatoms. The number of nitrogens with zero attached hydrogens (tertiary/aromatic N) is 1. The Morgan fingerprint density at radius 3 is 2.58 bits per heavy atom. The second kappa shape index (κ2) is 10.2. The zero-order valence-corrected chi connectivity index (χ0v) is 19.8. The van der Waals surface area contributed by atoms with Crippen molar-refractivity contribution in [2.45, 2.75) is 51.9 Å². The third-order valence-electron chi connectivity index (χ3n) is 4.85. The summed E-state index contributed by atoms with van der Waals surface area (Å²) in [5.41, 5.74) is 1.10. The van der Waals surface area contributed by atoms with Gasteiger partial charge in [-0.1, -0.05) is 30.3 Å². The van der Waals surface area contributed by atoms with Crippen LogP contribution in [0.5, 0.6) is 5.75 Å². The van der Waals surface area contributed by atoms with Crippen LogP contribution in [0, 0.1) is 0 Å². The highest BCUT2D eigenvalue weighted by molar-refractivity contribution is 9.10. The number of alkyl carbamates (subject to hydrolysis) is 1. The number of likely N-dealkylation sites (tertiary alicyclic amines) is 1. The fourth-order valence-corrected chi connectivity index (χ4v) is 3.95. The molecule has 0 spiro atoms. The molecule has 0 saturated carbocycles. The third-order valence-corrected chi connectivity index (χ3v) is 5.50. The first-order chi connectivity index (χ1) is 14.7. The Hall–Kier alpha value is -2.54. The molecule has 0 radical (unpaired) electrons. The summed E-state index contributed by atoms with van der Waals surface area (Å²) < 4.78 is 11.9. The molecule has 2 aromatic carbocycles. The lowest BCUT2D eigenvalue weighted by Crippen LogP contribution is -2.50. The number of ether oxygens (including phenoxy) is 2. The minimum absolute atomic E-state index is 0.0721. The molecule has 1 aliphatic heterocycles. The summed E-state index contributed by atoms with van der Waals surface area (Å²) in [5, 5.41) is 2.88. The van der Waals surface area contributed by atoms with Crippen LogP contribution >= 0.6 is 15.9 Å². The smallest absolute Gasteiger partial charge is 0.407 e. The molecule has 1 saturated heterocycles. The van der Waals surface area contributed by atoms with Gasteiger partial charge in [0.05, 0.1) is 5.56 Å². The van der Waals surface area contributed by atoms with E-state index in [4.69, 9.17) is 9.47 Å². The molecule has 2 amide bonds. The van der Waals surface area contributed by atoms with Crippen molar-refractivity contribution >= 4 is 27.9 Å². The largest absolute Gasteiger partial charge is 0.489 e. The van der Waals surface area contributed by atoms with E-state index in [2.05, 4.69) is 21.2 Å². The van der Waals surface area contributed by atoms with Gasteiger partial charge in [-0.3, -0.25) is 4.79 Å². The van der Waals surface area contributed by atoms with Gasteiger partial charge in [0.25, 0.3) is 5.91 Å². The van der Waals surface area contributed by atoms with Gasteiger partial charge >= 0.3 is 6.09 Å². The molecule has 2 aromatic rings. The Bertz CT molecular complexity index is 912. The molecule has 166 valence electrons. The fraction of sp³-hybridized carbons (Fsp3) is 0.417. The van der Waals surface area contributed by atoms with E-state index in [0.717, 1.165) is 18.4 Å². The van der Waals surface area contributed by atoms with Gasteiger partial charge in [0.2, 0.25) is 0 Å². The van der Waals surface area contributed by atoms with Gasteiger partial charge in [0.15, 0.2) is 0 Å². The zero-order chi connectivity index (χ0) is 22.4. The van der Waals surface area contributed by atoms with Crippen molar-refractivity contribution in [2.75, 3.05) is 13.1 Å². The average Bonchev–Trinajstić information content (AvgIpc) is 2.71. The molecule has 3 rings (SSSR count). The molecule has 0 bridgehead atoms. The number of carbonyl (C=O) groups is 2. The Morgan fingerprint density at radius 2 is 1.90 bits per heavy atom. The summed E-state index contributed by atoms with van der Waals surface area (Å²) in [5.74, 6) is 0.618. The molecular weight excluding hydrogens is 460 g/mol. The van der Waals surface area contributed by atoms with E-state index >= 15 is 0 Å². The van der Waals surface area contributed by atoms with Crippen molar-refractivity contribution in [3.63, 3.8) is 0 Å². The summed E-state index contributed by atoms with van der Waals surface area (Å²) in [6.07, 6.45) is 1.19. The van der Waals surface area contributed by atoms with Crippen molar-refractivity contribution in [3.8, 4) is 5.75 Å². The summed E-state index contributed by atoms with van der Waals surface area (Å²) >= 11 is 3.51. The maximum atomic E-state index is 13.1. The number of hydrogen-bond acceptors (Lipinski definition) is 4. The molecular formula is C24H29BrN2O4. The van der Waals surface area contributed by atoms with Crippen molar-refractivity contribution in [3.05, 3.63) is 64.1 Å². The number of piperidine rings is 1. The monoisotopic (exact) mass is 488 g/mol. The first-order valence-corrected chi connectivity index (χ1v) is 11.3.